The Balaban J connectivity index is 1.44. The molecule has 0 N–H and O–H groups in total. The minimum Gasteiger partial charge on any atom is -0.351 e. The summed E-state index contributed by atoms with van der Waals surface area (Å²) in [4.78, 5) is 3.72. The van der Waals surface area contributed by atoms with Crippen LogP contribution in [0.3, 0.4) is 0 Å². The van der Waals surface area contributed by atoms with Crippen LogP contribution in [0.15, 0.2) is 35.7 Å². The Morgan fingerprint density at radius 1 is 1.13 bits per heavy atom. The summed E-state index contributed by atoms with van der Waals surface area (Å²) >= 11 is 1.82. The molecule has 0 aromatic carbocycles. The summed E-state index contributed by atoms with van der Waals surface area (Å²) in [7, 11) is 0. The van der Waals surface area contributed by atoms with Gasteiger partial charge < -0.3 is 4.90 Å². The molecule has 0 saturated heterocycles. The van der Waals surface area contributed by atoms with Crippen molar-refractivity contribution in [1.82, 2.24) is 19.8 Å². The van der Waals surface area contributed by atoms with Gasteiger partial charge in [-0.25, -0.2) is 0 Å². The molecule has 0 amide bonds. The summed E-state index contributed by atoms with van der Waals surface area (Å²) in [6.45, 7) is 1.91. The van der Waals surface area contributed by atoms with Crippen LogP contribution >= 0.6 is 11.3 Å². The summed E-state index contributed by atoms with van der Waals surface area (Å²) in [5.41, 5.74) is 2.31. The van der Waals surface area contributed by atoms with Gasteiger partial charge in [0.1, 0.15) is 5.82 Å². The Morgan fingerprint density at radius 3 is 2.83 bits per heavy atom. The fraction of sp³-hybridized carbons (Fsp3) is 0.353. The van der Waals surface area contributed by atoms with Gasteiger partial charge in [0.2, 0.25) is 0 Å². The first-order valence-electron chi connectivity index (χ1n) is 8.09. The van der Waals surface area contributed by atoms with Crippen LogP contribution in [-0.4, -0.2) is 32.9 Å². The molecule has 1 saturated carbocycles. The van der Waals surface area contributed by atoms with E-state index in [0.717, 1.165) is 36.8 Å². The van der Waals surface area contributed by atoms with Gasteiger partial charge >= 0.3 is 0 Å². The number of thiophene rings is 1. The molecule has 3 aromatic heterocycles. The van der Waals surface area contributed by atoms with Crippen molar-refractivity contribution in [2.24, 2.45) is 0 Å². The molecule has 1 aliphatic heterocycles. The zero-order chi connectivity index (χ0) is 15.2. The zero-order valence-corrected chi connectivity index (χ0v) is 13.5. The second-order valence-electron chi connectivity index (χ2n) is 6.20. The summed E-state index contributed by atoms with van der Waals surface area (Å²) in [6.07, 6.45) is 5.82. The van der Waals surface area contributed by atoms with Crippen LogP contribution in [-0.2, 0) is 0 Å². The van der Waals surface area contributed by atoms with E-state index < -0.39 is 0 Å². The minimum atomic E-state index is 0.555. The van der Waals surface area contributed by atoms with Gasteiger partial charge in [-0.15, -0.1) is 26.6 Å². The van der Waals surface area contributed by atoms with Gasteiger partial charge in [0.15, 0.2) is 11.5 Å². The Morgan fingerprint density at radius 2 is 2.09 bits per heavy atom. The first kappa shape index (κ1) is 13.2. The van der Waals surface area contributed by atoms with E-state index in [1.165, 1.54) is 23.3 Å². The Hall–Kier alpha value is -2.21. The lowest BCUT2D eigenvalue weighted by Gasteiger charge is -2.27. The van der Waals surface area contributed by atoms with Gasteiger partial charge in [-0.3, -0.25) is 0 Å². The van der Waals surface area contributed by atoms with Crippen molar-refractivity contribution >= 4 is 28.4 Å². The molecular formula is C17H17N5S. The molecule has 0 radical (unpaired) electrons. The highest BCUT2D eigenvalue weighted by molar-refractivity contribution is 7.11. The lowest BCUT2D eigenvalue weighted by Crippen LogP contribution is -2.29. The van der Waals surface area contributed by atoms with Gasteiger partial charge in [0, 0.05) is 23.9 Å². The SMILES string of the molecule is C1=C(c2cccs2)CCN(c2ccc3nnc(C4CC4)n3n2)C1. The van der Waals surface area contributed by atoms with Crippen molar-refractivity contribution in [3.8, 4) is 0 Å². The van der Waals surface area contributed by atoms with Crippen LogP contribution < -0.4 is 4.90 Å². The Labute approximate surface area is 138 Å². The molecular weight excluding hydrogens is 306 g/mol. The van der Waals surface area contributed by atoms with Crippen molar-refractivity contribution in [2.45, 2.75) is 25.2 Å². The maximum atomic E-state index is 4.80. The maximum Gasteiger partial charge on any atom is 0.178 e. The highest BCUT2D eigenvalue weighted by Crippen LogP contribution is 2.38. The molecule has 6 heteroatoms. The van der Waals surface area contributed by atoms with Crippen molar-refractivity contribution in [3.63, 3.8) is 0 Å². The van der Waals surface area contributed by atoms with Crippen LogP contribution in [0.2, 0.25) is 0 Å². The van der Waals surface area contributed by atoms with E-state index >= 15 is 0 Å². The van der Waals surface area contributed by atoms with Crippen molar-refractivity contribution < 1.29 is 0 Å². The lowest BCUT2D eigenvalue weighted by molar-refractivity contribution is 0.763. The van der Waals surface area contributed by atoms with E-state index in [1.807, 2.05) is 21.9 Å². The fourth-order valence-corrected chi connectivity index (χ4v) is 3.92. The number of fused-ring (bicyclic) bond motifs is 1. The van der Waals surface area contributed by atoms with Gasteiger partial charge in [0.05, 0.1) is 0 Å². The van der Waals surface area contributed by atoms with E-state index in [-0.39, 0.29) is 0 Å². The molecule has 0 spiro atoms. The third-order valence-electron chi connectivity index (χ3n) is 4.59. The van der Waals surface area contributed by atoms with Crippen LogP contribution in [0.4, 0.5) is 5.82 Å². The zero-order valence-electron chi connectivity index (χ0n) is 12.7. The first-order chi connectivity index (χ1) is 11.4. The molecule has 3 aromatic rings. The molecule has 1 fully saturated rings. The summed E-state index contributed by atoms with van der Waals surface area (Å²) in [6, 6.07) is 8.41. The monoisotopic (exact) mass is 323 g/mol. The highest BCUT2D eigenvalue weighted by Gasteiger charge is 2.29. The van der Waals surface area contributed by atoms with E-state index in [9.17, 15) is 0 Å². The number of hydrogen-bond acceptors (Lipinski definition) is 5. The number of rotatable bonds is 3. The van der Waals surface area contributed by atoms with E-state index in [2.05, 4.69) is 44.8 Å². The second kappa shape index (κ2) is 5.16. The van der Waals surface area contributed by atoms with E-state index in [1.54, 1.807) is 0 Å². The van der Waals surface area contributed by atoms with Crippen molar-refractivity contribution in [2.75, 3.05) is 18.0 Å². The summed E-state index contributed by atoms with van der Waals surface area (Å²) in [5.74, 6) is 2.59. The first-order valence-corrected chi connectivity index (χ1v) is 8.97. The molecule has 23 heavy (non-hydrogen) atoms. The average Bonchev–Trinajstić information content (AvgIpc) is 3.13. The number of anilines is 1. The topological polar surface area (TPSA) is 46.3 Å². The summed E-state index contributed by atoms with van der Waals surface area (Å²) < 4.78 is 1.94. The van der Waals surface area contributed by atoms with Crippen LogP contribution in [0.1, 0.15) is 35.9 Å². The molecule has 0 unspecified atom stereocenters. The third kappa shape index (κ3) is 2.34. The number of aromatic nitrogens is 4. The third-order valence-corrected chi connectivity index (χ3v) is 5.53. The summed E-state index contributed by atoms with van der Waals surface area (Å²) in [5, 5.41) is 15.5. The lowest BCUT2D eigenvalue weighted by atomic mass is 10.1. The van der Waals surface area contributed by atoms with Gasteiger partial charge in [-0.05, 0) is 48.4 Å². The molecule has 0 atom stereocenters. The fourth-order valence-electron chi connectivity index (χ4n) is 3.12. The predicted octanol–water partition coefficient (Wildman–Crippen LogP) is 3.36. The quantitative estimate of drug-likeness (QED) is 0.741. The van der Waals surface area contributed by atoms with Crippen molar-refractivity contribution in [1.29, 1.82) is 0 Å². The van der Waals surface area contributed by atoms with E-state index in [4.69, 9.17) is 5.10 Å². The maximum absolute atomic E-state index is 4.80. The number of hydrogen-bond donors (Lipinski definition) is 0. The second-order valence-corrected chi connectivity index (χ2v) is 7.14. The van der Waals surface area contributed by atoms with Crippen LogP contribution in [0.5, 0.6) is 0 Å². The van der Waals surface area contributed by atoms with Gasteiger partial charge in [0.25, 0.3) is 0 Å². The average molecular weight is 323 g/mol. The predicted molar refractivity (Wildman–Crippen MR) is 91.9 cm³/mol. The molecule has 5 rings (SSSR count). The molecule has 0 bridgehead atoms. The standard InChI is InChI=1S/C17H17N5S/c1-2-14(23-11-1)12-7-9-21(10-8-12)16-6-5-15-18-19-17(13-3-4-13)22(15)20-16/h1-2,5-7,11,13H,3-4,8-10H2. The van der Waals surface area contributed by atoms with Gasteiger partial charge in [-0.1, -0.05) is 12.1 Å². The van der Waals surface area contributed by atoms with Crippen LogP contribution in [0.25, 0.3) is 11.2 Å². The molecule has 116 valence electrons. The Kier molecular flexibility index (Phi) is 2.97. The Bertz CT molecular complexity index is 876. The molecule has 2 aliphatic rings. The smallest absolute Gasteiger partial charge is 0.178 e. The highest BCUT2D eigenvalue weighted by atomic mass is 32.1. The largest absolute Gasteiger partial charge is 0.351 e. The van der Waals surface area contributed by atoms with Crippen molar-refractivity contribution in [3.05, 3.63) is 46.4 Å². The number of nitrogens with zero attached hydrogens (tertiary/aromatic N) is 5. The van der Waals surface area contributed by atoms with Gasteiger partial charge in [-0.2, -0.15) is 4.52 Å². The molecule has 1 aliphatic carbocycles. The normalized spacial score (nSPS) is 18.4. The van der Waals surface area contributed by atoms with Crippen LogP contribution in [0, 0.1) is 0 Å². The minimum absolute atomic E-state index is 0.555. The molecule has 5 nitrogen and oxygen atoms in total. The van der Waals surface area contributed by atoms with E-state index in [0.29, 0.717) is 5.92 Å². The molecule has 4 heterocycles.